The molecule has 0 bridgehead atoms. The number of hydrogen-bond acceptors (Lipinski definition) is 10. The summed E-state index contributed by atoms with van der Waals surface area (Å²) in [6.45, 7) is 10.0. The van der Waals surface area contributed by atoms with Crippen LogP contribution in [0, 0.1) is 5.92 Å². The summed E-state index contributed by atoms with van der Waals surface area (Å²) in [5.41, 5.74) is 6.52. The Bertz CT molecular complexity index is 2510. The second-order valence-corrected chi connectivity index (χ2v) is 17.0. The van der Waals surface area contributed by atoms with Gasteiger partial charge in [0.25, 0.3) is 0 Å². The molecule has 5 aromatic rings. The van der Waals surface area contributed by atoms with E-state index in [1.807, 2.05) is 37.9 Å². The minimum atomic E-state index is -0.934. The van der Waals surface area contributed by atoms with Crippen molar-refractivity contribution in [2.45, 2.75) is 116 Å². The second kappa shape index (κ2) is 17.3. The van der Waals surface area contributed by atoms with Crippen LogP contribution < -0.4 is 15.4 Å². The highest BCUT2D eigenvalue weighted by atomic mass is 16.5. The zero-order valence-corrected chi connectivity index (χ0v) is 36.5. The quantitative estimate of drug-likeness (QED) is 0.105. The molecule has 328 valence electrons. The number of amides is 4. The highest BCUT2D eigenvalue weighted by molar-refractivity contribution is 6.07. The Labute approximate surface area is 360 Å². The van der Waals surface area contributed by atoms with Crippen molar-refractivity contribution < 1.29 is 38.1 Å². The predicted molar refractivity (Wildman–Crippen MR) is 232 cm³/mol. The lowest BCUT2D eigenvalue weighted by molar-refractivity contribution is -0.139. The van der Waals surface area contributed by atoms with Gasteiger partial charge in [-0.1, -0.05) is 39.0 Å². The minimum Gasteiger partial charge on any atom is -0.488 e. The first-order valence-corrected chi connectivity index (χ1v) is 21.5. The number of rotatable bonds is 11. The summed E-state index contributed by atoms with van der Waals surface area (Å²) in [6, 6.07) is 12.3. The summed E-state index contributed by atoms with van der Waals surface area (Å²) in [5, 5.41) is 7.34. The van der Waals surface area contributed by atoms with Crippen molar-refractivity contribution in [3.63, 3.8) is 0 Å². The number of nitrogens with one attached hydrogen (secondary N) is 4. The summed E-state index contributed by atoms with van der Waals surface area (Å²) in [6.07, 6.45) is 3.79. The van der Waals surface area contributed by atoms with Crippen molar-refractivity contribution in [3.05, 3.63) is 65.9 Å². The fraction of sp³-hybridized carbons (Fsp3) is 0.478. The summed E-state index contributed by atoms with van der Waals surface area (Å²) in [4.78, 5) is 73.1. The number of alkyl carbamates (subject to hydrolysis) is 2. The molecule has 7 atom stereocenters. The van der Waals surface area contributed by atoms with E-state index >= 15 is 0 Å². The van der Waals surface area contributed by atoms with E-state index in [9.17, 15) is 19.2 Å². The van der Waals surface area contributed by atoms with Gasteiger partial charge in [-0.2, -0.15) is 0 Å². The van der Waals surface area contributed by atoms with Crippen LogP contribution in [0.4, 0.5) is 9.59 Å². The largest absolute Gasteiger partial charge is 0.488 e. The molecule has 4 N–H and O–H groups in total. The van der Waals surface area contributed by atoms with Crippen LogP contribution in [-0.4, -0.2) is 105 Å². The molecular formula is C46H56N8O8. The van der Waals surface area contributed by atoms with Gasteiger partial charge in [0.15, 0.2) is 0 Å². The first-order valence-electron chi connectivity index (χ1n) is 21.5. The second-order valence-electron chi connectivity index (χ2n) is 17.0. The monoisotopic (exact) mass is 848 g/mol. The molecule has 0 aliphatic carbocycles. The molecule has 3 aliphatic rings. The first-order chi connectivity index (χ1) is 29.8. The molecule has 16 nitrogen and oxygen atoms in total. The third kappa shape index (κ3) is 7.69. The standard InChI is InChI=1S/C46H56N8O8/c1-9-29-13-17-35(54(29)43(55)38(23(2)3)51-45(57)60-7)41-47-21-34(49-41)27-11-14-30-28(18-27)22-62-37-20-31-26(19-32(30)37)12-15-33-40(31)50-42(48-33)36-16-10-24(4)53(36)44(56)39(25(5)59-6)52-46(58)61-8/h11-12,14-15,18-21,23-25,29,35-36,38-39H,9-10,13,16-17,22H2,1-8H3,(H,47,49)(H,48,50)(H,51,57)(H,52,58)/t24-,25+,29-,35-,36-,38-,39?/m0/s1. The van der Waals surface area contributed by atoms with Crippen LogP contribution in [0.2, 0.25) is 0 Å². The third-order valence-electron chi connectivity index (χ3n) is 13.0. The minimum absolute atomic E-state index is 0.0312. The molecule has 1 unspecified atom stereocenters. The molecule has 5 heterocycles. The van der Waals surface area contributed by atoms with Crippen LogP contribution >= 0.6 is 0 Å². The number of ether oxygens (including phenoxy) is 4. The van der Waals surface area contributed by atoms with Crippen molar-refractivity contribution >= 4 is 45.8 Å². The van der Waals surface area contributed by atoms with Crippen LogP contribution in [0.15, 0.2) is 48.7 Å². The van der Waals surface area contributed by atoms with Gasteiger partial charge in [0.2, 0.25) is 11.8 Å². The number of imidazole rings is 2. The van der Waals surface area contributed by atoms with Crippen molar-refractivity contribution in [3.8, 4) is 28.1 Å². The maximum absolute atomic E-state index is 14.1. The Balaban J connectivity index is 1.05. The van der Waals surface area contributed by atoms with Gasteiger partial charge in [-0.05, 0) is 98.2 Å². The molecule has 0 spiro atoms. The highest BCUT2D eigenvalue weighted by Gasteiger charge is 2.44. The van der Waals surface area contributed by atoms with Crippen molar-refractivity contribution in [2.24, 2.45) is 5.92 Å². The number of nitrogens with zero attached hydrogens (tertiary/aromatic N) is 4. The molecule has 3 aromatic carbocycles. The zero-order chi connectivity index (χ0) is 44.0. The molecule has 62 heavy (non-hydrogen) atoms. The Hall–Kier alpha value is -6.16. The van der Waals surface area contributed by atoms with E-state index in [0.717, 1.165) is 81.2 Å². The first kappa shape index (κ1) is 42.5. The summed E-state index contributed by atoms with van der Waals surface area (Å²) in [5.74, 6) is 1.62. The van der Waals surface area contributed by atoms with Crippen LogP contribution in [0.1, 0.15) is 96.0 Å². The Morgan fingerprint density at radius 2 is 1.55 bits per heavy atom. The molecule has 2 fully saturated rings. The van der Waals surface area contributed by atoms with Crippen LogP contribution in [0.3, 0.4) is 0 Å². The average Bonchev–Trinajstić information content (AvgIpc) is 4.11. The van der Waals surface area contributed by atoms with Crippen LogP contribution in [-0.2, 0) is 30.4 Å². The van der Waals surface area contributed by atoms with Gasteiger partial charge < -0.3 is 49.3 Å². The maximum atomic E-state index is 14.1. The van der Waals surface area contributed by atoms with E-state index in [-0.39, 0.29) is 41.9 Å². The van der Waals surface area contributed by atoms with E-state index in [0.29, 0.717) is 24.7 Å². The number of aromatic amines is 2. The molecule has 8 rings (SSSR count). The van der Waals surface area contributed by atoms with Crippen molar-refractivity contribution in [1.29, 1.82) is 0 Å². The molecule has 16 heteroatoms. The van der Waals surface area contributed by atoms with Crippen molar-refractivity contribution in [2.75, 3.05) is 21.3 Å². The van der Waals surface area contributed by atoms with Gasteiger partial charge in [0.05, 0.1) is 55.3 Å². The maximum Gasteiger partial charge on any atom is 0.407 e. The lowest BCUT2D eigenvalue weighted by Crippen LogP contribution is -2.55. The third-order valence-corrected chi connectivity index (χ3v) is 13.0. The summed E-state index contributed by atoms with van der Waals surface area (Å²) in [7, 11) is 4.06. The van der Waals surface area contributed by atoms with Gasteiger partial charge in [0, 0.05) is 30.1 Å². The Morgan fingerprint density at radius 3 is 2.26 bits per heavy atom. The van der Waals surface area contributed by atoms with E-state index in [2.05, 4.69) is 63.9 Å². The normalized spacial score (nSPS) is 21.0. The number of aromatic nitrogens is 4. The number of carbonyl (C=O) groups excluding carboxylic acids is 4. The van der Waals surface area contributed by atoms with E-state index in [1.165, 1.54) is 21.3 Å². The van der Waals surface area contributed by atoms with Gasteiger partial charge >= 0.3 is 12.2 Å². The molecule has 0 saturated carbocycles. The number of H-pyrrole nitrogens is 2. The smallest absolute Gasteiger partial charge is 0.407 e. The van der Waals surface area contributed by atoms with Crippen LogP contribution in [0.5, 0.6) is 5.75 Å². The van der Waals surface area contributed by atoms with Gasteiger partial charge in [-0.3, -0.25) is 9.59 Å². The average molecular weight is 849 g/mol. The highest BCUT2D eigenvalue weighted by Crippen LogP contribution is 2.44. The summed E-state index contributed by atoms with van der Waals surface area (Å²) >= 11 is 0. The lowest BCUT2D eigenvalue weighted by atomic mass is 9.92. The number of fused-ring (bicyclic) bond motifs is 6. The fourth-order valence-electron chi connectivity index (χ4n) is 9.52. The molecule has 3 aliphatic heterocycles. The predicted octanol–water partition coefficient (Wildman–Crippen LogP) is 7.30. The van der Waals surface area contributed by atoms with E-state index in [4.69, 9.17) is 28.9 Å². The number of likely N-dealkylation sites (tertiary alicyclic amines) is 2. The topological polar surface area (TPSA) is 193 Å². The fourth-order valence-corrected chi connectivity index (χ4v) is 9.52. The number of carbonyl (C=O) groups is 4. The molecule has 2 aromatic heterocycles. The van der Waals surface area contributed by atoms with Crippen molar-refractivity contribution in [1.82, 2.24) is 40.4 Å². The lowest BCUT2D eigenvalue weighted by Gasteiger charge is -2.34. The van der Waals surface area contributed by atoms with E-state index in [1.54, 1.807) is 11.8 Å². The zero-order valence-electron chi connectivity index (χ0n) is 36.5. The van der Waals surface area contributed by atoms with Gasteiger partial charge in [0.1, 0.15) is 36.1 Å². The van der Waals surface area contributed by atoms with Gasteiger partial charge in [-0.25, -0.2) is 19.6 Å². The summed E-state index contributed by atoms with van der Waals surface area (Å²) < 4.78 is 21.6. The molecule has 4 amide bonds. The molecular weight excluding hydrogens is 793 g/mol. The van der Waals surface area contributed by atoms with E-state index < -0.39 is 30.4 Å². The van der Waals surface area contributed by atoms with Crippen LogP contribution in [0.25, 0.3) is 44.2 Å². The number of hydrogen-bond donors (Lipinski definition) is 4. The number of benzene rings is 3. The van der Waals surface area contributed by atoms with Gasteiger partial charge in [-0.15, -0.1) is 0 Å². The Morgan fingerprint density at radius 1 is 0.839 bits per heavy atom. The molecule has 2 saturated heterocycles. The SMILES string of the molecule is CC[C@H]1CC[C@@H](c2ncc(-c3ccc4c(c3)COc3cc5c(ccc6[nH]c([C@@H]7CC[C@H](C)N7C(=O)C(NC(=O)OC)[C@@H](C)OC)nc65)cc3-4)[nH]2)N1C(=O)[C@@H](NC(=O)OC)C(C)C. The number of methoxy groups -OCH3 is 3. The molecule has 0 radical (unpaired) electrons. The Kier molecular flexibility index (Phi) is 11.9.